The standard InChI is InChI=1S/C18H16ClN3O3S/c19-14-8-6-13(7-9-14)17-21-22-18(25-17)26-12-16(23)20-10-11-24-15-4-2-1-3-5-15/h1-9H,10-12H2,(H,20,23). The summed E-state index contributed by atoms with van der Waals surface area (Å²) in [4.78, 5) is 11.8. The van der Waals surface area contributed by atoms with E-state index in [1.54, 1.807) is 24.3 Å². The summed E-state index contributed by atoms with van der Waals surface area (Å²) in [5.41, 5.74) is 0.774. The Morgan fingerprint density at radius 1 is 1.12 bits per heavy atom. The number of amides is 1. The summed E-state index contributed by atoms with van der Waals surface area (Å²) in [7, 11) is 0. The van der Waals surface area contributed by atoms with Gasteiger partial charge < -0.3 is 14.5 Å². The molecule has 26 heavy (non-hydrogen) atoms. The van der Waals surface area contributed by atoms with Crippen LogP contribution >= 0.6 is 23.4 Å². The van der Waals surface area contributed by atoms with Gasteiger partial charge >= 0.3 is 0 Å². The number of nitrogens with one attached hydrogen (secondary N) is 1. The molecule has 0 fully saturated rings. The van der Waals surface area contributed by atoms with Crippen LogP contribution in [0.3, 0.4) is 0 Å². The molecule has 0 radical (unpaired) electrons. The first-order chi connectivity index (χ1) is 12.7. The molecule has 0 unspecified atom stereocenters. The smallest absolute Gasteiger partial charge is 0.277 e. The van der Waals surface area contributed by atoms with Gasteiger partial charge in [-0.2, -0.15) is 0 Å². The van der Waals surface area contributed by atoms with Crippen LogP contribution in [0.4, 0.5) is 0 Å². The van der Waals surface area contributed by atoms with Crippen LogP contribution < -0.4 is 10.1 Å². The number of aromatic nitrogens is 2. The molecule has 6 nitrogen and oxygen atoms in total. The SMILES string of the molecule is O=C(CSc1nnc(-c2ccc(Cl)cc2)o1)NCCOc1ccccc1. The first-order valence-electron chi connectivity index (χ1n) is 7.87. The van der Waals surface area contributed by atoms with Gasteiger partial charge in [-0.3, -0.25) is 4.79 Å². The van der Waals surface area contributed by atoms with Crippen LogP contribution in [0.25, 0.3) is 11.5 Å². The van der Waals surface area contributed by atoms with Crippen molar-refractivity contribution in [3.05, 3.63) is 59.6 Å². The minimum absolute atomic E-state index is 0.127. The lowest BCUT2D eigenvalue weighted by atomic mass is 10.2. The van der Waals surface area contributed by atoms with E-state index in [0.717, 1.165) is 11.3 Å². The molecular weight excluding hydrogens is 374 g/mol. The minimum Gasteiger partial charge on any atom is -0.492 e. The van der Waals surface area contributed by atoms with Crippen LogP contribution in [0.2, 0.25) is 5.02 Å². The number of para-hydroxylation sites is 1. The average Bonchev–Trinajstić information content (AvgIpc) is 3.14. The predicted octanol–water partition coefficient (Wildman–Crippen LogP) is 3.68. The third-order valence-corrected chi connectivity index (χ3v) is 4.33. The topological polar surface area (TPSA) is 77.2 Å². The Morgan fingerprint density at radius 2 is 1.88 bits per heavy atom. The number of ether oxygens (including phenoxy) is 1. The molecule has 0 aliphatic carbocycles. The number of hydrogen-bond donors (Lipinski definition) is 1. The number of nitrogens with zero attached hydrogens (tertiary/aromatic N) is 2. The molecule has 1 amide bonds. The molecular formula is C18H16ClN3O3S. The van der Waals surface area contributed by atoms with Crippen molar-refractivity contribution in [1.82, 2.24) is 15.5 Å². The van der Waals surface area contributed by atoms with Gasteiger partial charge in [0.1, 0.15) is 12.4 Å². The molecule has 0 bridgehead atoms. The maximum absolute atomic E-state index is 11.8. The van der Waals surface area contributed by atoms with Gasteiger partial charge in [0.25, 0.3) is 5.22 Å². The fraction of sp³-hybridized carbons (Fsp3) is 0.167. The van der Waals surface area contributed by atoms with Crippen molar-refractivity contribution in [3.8, 4) is 17.2 Å². The van der Waals surface area contributed by atoms with Crippen molar-refractivity contribution in [2.24, 2.45) is 0 Å². The average molecular weight is 390 g/mol. The second-order valence-electron chi connectivity index (χ2n) is 5.18. The van der Waals surface area contributed by atoms with E-state index in [1.165, 1.54) is 11.8 Å². The predicted molar refractivity (Wildman–Crippen MR) is 100 cm³/mol. The maximum Gasteiger partial charge on any atom is 0.277 e. The monoisotopic (exact) mass is 389 g/mol. The Bertz CT molecular complexity index is 840. The van der Waals surface area contributed by atoms with Crippen molar-refractivity contribution in [1.29, 1.82) is 0 Å². The molecule has 0 aliphatic rings. The minimum atomic E-state index is -0.127. The summed E-state index contributed by atoms with van der Waals surface area (Å²) in [5.74, 6) is 1.23. The molecule has 0 aliphatic heterocycles. The number of hydrogen-bond acceptors (Lipinski definition) is 6. The number of halogens is 1. The molecule has 1 N–H and O–H groups in total. The fourth-order valence-electron chi connectivity index (χ4n) is 2.03. The number of rotatable bonds is 8. The summed E-state index contributed by atoms with van der Waals surface area (Å²) in [6, 6.07) is 16.5. The number of benzene rings is 2. The van der Waals surface area contributed by atoms with Gasteiger partial charge in [-0.15, -0.1) is 10.2 Å². The zero-order valence-electron chi connectivity index (χ0n) is 13.7. The molecule has 0 atom stereocenters. The Kier molecular flexibility index (Phi) is 6.51. The molecule has 0 saturated carbocycles. The summed E-state index contributed by atoms with van der Waals surface area (Å²) in [6.07, 6.45) is 0. The van der Waals surface area contributed by atoms with E-state index in [-0.39, 0.29) is 11.7 Å². The van der Waals surface area contributed by atoms with Gasteiger partial charge in [0.15, 0.2) is 0 Å². The first kappa shape index (κ1) is 18.3. The Hall–Kier alpha value is -2.51. The lowest BCUT2D eigenvalue weighted by molar-refractivity contribution is -0.118. The van der Waals surface area contributed by atoms with Gasteiger partial charge in [-0.25, -0.2) is 0 Å². The highest BCUT2D eigenvalue weighted by atomic mass is 35.5. The van der Waals surface area contributed by atoms with Crippen LogP contribution in [0, 0.1) is 0 Å². The molecule has 0 saturated heterocycles. The quantitative estimate of drug-likeness (QED) is 0.467. The molecule has 3 rings (SSSR count). The maximum atomic E-state index is 11.8. The van der Waals surface area contributed by atoms with E-state index < -0.39 is 0 Å². The molecule has 1 heterocycles. The third-order valence-electron chi connectivity index (χ3n) is 3.26. The van der Waals surface area contributed by atoms with E-state index in [2.05, 4.69) is 15.5 Å². The van der Waals surface area contributed by atoms with E-state index in [9.17, 15) is 4.79 Å². The Balaban J connectivity index is 1.38. The van der Waals surface area contributed by atoms with Crippen molar-refractivity contribution in [2.45, 2.75) is 5.22 Å². The van der Waals surface area contributed by atoms with Crippen LogP contribution in [-0.4, -0.2) is 35.0 Å². The van der Waals surface area contributed by atoms with Gasteiger partial charge in [0.05, 0.1) is 12.3 Å². The van der Waals surface area contributed by atoms with Gasteiger partial charge in [0.2, 0.25) is 11.8 Å². The van der Waals surface area contributed by atoms with Crippen molar-refractivity contribution >= 4 is 29.3 Å². The summed E-state index contributed by atoms with van der Waals surface area (Å²) < 4.78 is 11.0. The number of carbonyl (C=O) groups excluding carboxylic acids is 1. The second-order valence-corrected chi connectivity index (χ2v) is 6.54. The molecule has 8 heteroatoms. The highest BCUT2D eigenvalue weighted by Gasteiger charge is 2.11. The molecule has 134 valence electrons. The molecule has 2 aromatic carbocycles. The summed E-state index contributed by atoms with van der Waals surface area (Å²) in [5, 5.41) is 11.7. The first-order valence-corrected chi connectivity index (χ1v) is 9.24. The van der Waals surface area contributed by atoms with E-state index in [4.69, 9.17) is 20.8 Å². The highest BCUT2D eigenvalue weighted by molar-refractivity contribution is 7.99. The molecule has 1 aromatic heterocycles. The van der Waals surface area contributed by atoms with E-state index in [1.807, 2.05) is 30.3 Å². The van der Waals surface area contributed by atoms with Crippen LogP contribution in [0.5, 0.6) is 5.75 Å². The molecule has 3 aromatic rings. The zero-order valence-corrected chi connectivity index (χ0v) is 15.3. The zero-order chi connectivity index (χ0) is 18.2. The van der Waals surface area contributed by atoms with Crippen molar-refractivity contribution < 1.29 is 13.9 Å². The van der Waals surface area contributed by atoms with Crippen LogP contribution in [-0.2, 0) is 4.79 Å². The van der Waals surface area contributed by atoms with Gasteiger partial charge in [0, 0.05) is 10.6 Å². The fourth-order valence-corrected chi connectivity index (χ4v) is 2.75. The summed E-state index contributed by atoms with van der Waals surface area (Å²) >= 11 is 7.03. The van der Waals surface area contributed by atoms with Crippen LogP contribution in [0.15, 0.2) is 64.2 Å². The lowest BCUT2D eigenvalue weighted by Gasteiger charge is -2.06. The summed E-state index contributed by atoms with van der Waals surface area (Å²) in [6.45, 7) is 0.829. The second kappa shape index (κ2) is 9.26. The van der Waals surface area contributed by atoms with E-state index >= 15 is 0 Å². The van der Waals surface area contributed by atoms with E-state index in [0.29, 0.717) is 29.3 Å². The Labute approximate surface area is 159 Å². The largest absolute Gasteiger partial charge is 0.492 e. The van der Waals surface area contributed by atoms with Crippen molar-refractivity contribution in [2.75, 3.05) is 18.9 Å². The number of carbonyl (C=O) groups is 1. The highest BCUT2D eigenvalue weighted by Crippen LogP contribution is 2.24. The molecule has 0 spiro atoms. The lowest BCUT2D eigenvalue weighted by Crippen LogP contribution is -2.29. The Morgan fingerprint density at radius 3 is 2.65 bits per heavy atom. The van der Waals surface area contributed by atoms with Gasteiger partial charge in [-0.05, 0) is 36.4 Å². The third kappa shape index (κ3) is 5.50. The number of thioether (sulfide) groups is 1. The van der Waals surface area contributed by atoms with Crippen molar-refractivity contribution in [3.63, 3.8) is 0 Å². The van der Waals surface area contributed by atoms with Crippen LogP contribution in [0.1, 0.15) is 0 Å². The van der Waals surface area contributed by atoms with Gasteiger partial charge in [-0.1, -0.05) is 41.6 Å². The normalized spacial score (nSPS) is 10.5.